The van der Waals surface area contributed by atoms with Gasteiger partial charge in [0.05, 0.1) is 49.5 Å². The monoisotopic (exact) mass is 710 g/mol. The Balaban J connectivity index is 1.43. The van der Waals surface area contributed by atoms with Crippen molar-refractivity contribution < 1.29 is 43.7 Å². The number of carboxylic acids is 1. The Hall–Kier alpha value is -5.42. The average Bonchev–Trinajstić information content (AvgIpc) is 3.51. The van der Waals surface area contributed by atoms with Crippen LogP contribution in [-0.4, -0.2) is 65.5 Å². The molecule has 0 radical (unpaired) electrons. The van der Waals surface area contributed by atoms with Gasteiger partial charge in [-0.15, -0.1) is 0 Å². The van der Waals surface area contributed by atoms with Crippen LogP contribution in [-0.2, 0) is 29.4 Å². The van der Waals surface area contributed by atoms with Gasteiger partial charge in [0.25, 0.3) is 0 Å². The Morgan fingerprint density at radius 2 is 1.65 bits per heavy atom. The number of phenols is 1. The molecule has 4 aliphatic rings. The van der Waals surface area contributed by atoms with Crippen LogP contribution in [0.4, 0.5) is 5.69 Å². The zero-order chi connectivity index (χ0) is 36.2. The maximum atomic E-state index is 15.2. The van der Waals surface area contributed by atoms with Gasteiger partial charge in [0.15, 0.2) is 11.5 Å². The number of likely N-dealkylation sites (tertiary alicyclic amines) is 1. The number of hydrogen-bond acceptors (Lipinski definition) is 8. The van der Waals surface area contributed by atoms with E-state index in [4.69, 9.17) is 21.1 Å². The second kappa shape index (κ2) is 13.0. The van der Waals surface area contributed by atoms with E-state index in [-0.39, 0.29) is 43.1 Å². The summed E-state index contributed by atoms with van der Waals surface area (Å²) in [6, 6.07) is 18.9. The minimum atomic E-state index is -1.45. The van der Waals surface area contributed by atoms with Gasteiger partial charge in [-0.1, -0.05) is 71.8 Å². The van der Waals surface area contributed by atoms with Crippen LogP contribution in [0.5, 0.6) is 17.2 Å². The van der Waals surface area contributed by atoms with Crippen molar-refractivity contribution in [1.82, 2.24) is 4.90 Å². The summed E-state index contributed by atoms with van der Waals surface area (Å²) in [6.45, 7) is -0.243. The summed E-state index contributed by atoms with van der Waals surface area (Å²) in [7, 11) is 2.83. The van der Waals surface area contributed by atoms with Gasteiger partial charge in [-0.3, -0.25) is 28.9 Å². The molecule has 3 aromatic rings. The van der Waals surface area contributed by atoms with Gasteiger partial charge in [-0.2, -0.15) is 0 Å². The van der Waals surface area contributed by atoms with E-state index in [2.05, 4.69) is 0 Å². The van der Waals surface area contributed by atoms with Crippen LogP contribution in [0, 0.1) is 29.6 Å². The molecule has 262 valence electrons. The van der Waals surface area contributed by atoms with Crippen LogP contribution in [0.15, 0.2) is 84.5 Å². The Morgan fingerprint density at radius 1 is 0.941 bits per heavy atom. The molecule has 51 heavy (non-hydrogen) atoms. The normalized spacial score (nSPS) is 27.0. The van der Waals surface area contributed by atoms with Crippen molar-refractivity contribution in [2.24, 2.45) is 29.6 Å². The number of imide groups is 2. The molecule has 3 aromatic carbocycles. The van der Waals surface area contributed by atoms with Crippen molar-refractivity contribution in [3.63, 3.8) is 0 Å². The largest absolute Gasteiger partial charge is 0.502 e. The van der Waals surface area contributed by atoms with Crippen LogP contribution in [0.1, 0.15) is 30.4 Å². The number of ether oxygens (including phenoxy) is 2. The van der Waals surface area contributed by atoms with Crippen molar-refractivity contribution in [2.75, 3.05) is 25.7 Å². The number of anilines is 1. The second-order valence-corrected chi connectivity index (χ2v) is 13.7. The number of methoxy groups -OCH3 is 2. The molecule has 4 amide bonds. The van der Waals surface area contributed by atoms with E-state index in [1.54, 1.807) is 42.5 Å². The van der Waals surface area contributed by atoms with Gasteiger partial charge in [-0.25, -0.2) is 4.90 Å². The lowest BCUT2D eigenvalue weighted by Gasteiger charge is -2.49. The van der Waals surface area contributed by atoms with E-state index in [0.29, 0.717) is 21.8 Å². The highest BCUT2D eigenvalue weighted by Crippen LogP contribution is 2.62. The van der Waals surface area contributed by atoms with Gasteiger partial charge in [-0.05, 0) is 60.2 Å². The molecule has 11 nitrogen and oxygen atoms in total. The van der Waals surface area contributed by atoms with E-state index in [1.807, 2.05) is 42.5 Å². The molecule has 1 saturated carbocycles. The fraction of sp³-hybridized carbons (Fsp3) is 0.308. The third-order valence-electron chi connectivity index (χ3n) is 10.9. The van der Waals surface area contributed by atoms with E-state index < -0.39 is 64.6 Å². The number of carbonyl (C=O) groups is 5. The van der Waals surface area contributed by atoms with Crippen molar-refractivity contribution >= 4 is 53.0 Å². The smallest absolute Gasteiger partial charge is 0.305 e. The molecule has 12 heteroatoms. The summed E-state index contributed by atoms with van der Waals surface area (Å²) in [5.74, 6) is -6.59. The first kappa shape index (κ1) is 34.0. The fourth-order valence-electron chi connectivity index (χ4n) is 8.70. The molecule has 2 aliphatic carbocycles. The Morgan fingerprint density at radius 3 is 2.29 bits per heavy atom. The van der Waals surface area contributed by atoms with Crippen molar-refractivity contribution in [1.29, 1.82) is 0 Å². The number of aliphatic carboxylic acids is 1. The molecule has 0 aromatic heterocycles. The zero-order valence-corrected chi connectivity index (χ0v) is 28.6. The average molecular weight is 711 g/mol. The third-order valence-corrected chi connectivity index (χ3v) is 11.1. The number of carbonyl (C=O) groups excluding carboxylic acids is 4. The van der Waals surface area contributed by atoms with Crippen LogP contribution >= 0.6 is 11.6 Å². The first-order valence-electron chi connectivity index (χ1n) is 16.6. The lowest BCUT2D eigenvalue weighted by Crippen LogP contribution is -2.54. The van der Waals surface area contributed by atoms with Crippen molar-refractivity contribution in [3.8, 4) is 17.2 Å². The van der Waals surface area contributed by atoms with E-state index >= 15 is 4.79 Å². The second-order valence-electron chi connectivity index (χ2n) is 13.2. The van der Waals surface area contributed by atoms with E-state index in [0.717, 1.165) is 10.5 Å². The lowest BCUT2D eigenvalue weighted by atomic mass is 9.50. The standard InChI is InChI=1S/C39H35ClN2O9/c1-50-30-17-21(18-31(51-2)34(30)45)11-14-28-25-12-13-26-33(37(48)41(35(26)46)16-15-32(43)44)27(25)20-29-36(47)42(24-10-6-9-23(40)19-24)38(49)39(28,29)22-7-4-3-5-8-22/h3-12,14,17-19,26-29,33,45H,13,15-16,20H2,1-2H3,(H,43,44). The number of hydrogen-bond donors (Lipinski definition) is 2. The first-order valence-corrected chi connectivity index (χ1v) is 17.0. The quantitative estimate of drug-likeness (QED) is 0.224. The van der Waals surface area contributed by atoms with E-state index in [1.165, 1.54) is 19.1 Å². The summed E-state index contributed by atoms with van der Waals surface area (Å²) in [5.41, 5.74) is 0.812. The number of aromatic hydroxyl groups is 1. The molecule has 6 unspecified atom stereocenters. The van der Waals surface area contributed by atoms with Crippen LogP contribution in [0.2, 0.25) is 5.02 Å². The number of allylic oxidation sites excluding steroid dienone is 3. The minimum absolute atomic E-state index is 0.112. The molecule has 7 rings (SSSR count). The molecule has 2 heterocycles. The minimum Gasteiger partial charge on any atom is -0.502 e. The van der Waals surface area contributed by atoms with Gasteiger partial charge in [0, 0.05) is 17.5 Å². The number of nitrogens with zero attached hydrogens (tertiary/aromatic N) is 2. The Labute approximate surface area is 298 Å². The van der Waals surface area contributed by atoms with Crippen molar-refractivity contribution in [2.45, 2.75) is 24.7 Å². The molecule has 6 atom stereocenters. The maximum Gasteiger partial charge on any atom is 0.305 e. The summed E-state index contributed by atoms with van der Waals surface area (Å²) < 4.78 is 10.8. The number of benzene rings is 3. The SMILES string of the molecule is COc1cc(C=CC2C3=CCC4C(=O)N(CCC(=O)O)C(=O)C4C3CC3C(=O)N(c4cccc(Cl)c4)C(=O)C23c2ccccc2)cc(OC)c1O. The molecule has 2 N–H and O–H groups in total. The topological polar surface area (TPSA) is 151 Å². The number of fused-ring (bicyclic) bond motifs is 4. The molecule has 3 fully saturated rings. The highest BCUT2D eigenvalue weighted by Gasteiger charge is 2.69. The van der Waals surface area contributed by atoms with Gasteiger partial charge in [0.2, 0.25) is 29.4 Å². The van der Waals surface area contributed by atoms with Gasteiger partial charge < -0.3 is 19.7 Å². The Bertz CT molecular complexity index is 2000. The van der Waals surface area contributed by atoms with Crippen molar-refractivity contribution in [3.05, 3.63) is 101 Å². The summed E-state index contributed by atoms with van der Waals surface area (Å²) in [5, 5.41) is 20.2. The number of rotatable bonds is 9. The molecule has 2 saturated heterocycles. The molecular formula is C39H35ClN2O9. The highest BCUT2D eigenvalue weighted by atomic mass is 35.5. The predicted octanol–water partition coefficient (Wildman–Crippen LogP) is 5.25. The van der Waals surface area contributed by atoms with Crippen LogP contribution in [0.3, 0.4) is 0 Å². The third kappa shape index (κ3) is 5.29. The fourth-order valence-corrected chi connectivity index (χ4v) is 8.88. The van der Waals surface area contributed by atoms with Gasteiger partial charge >= 0.3 is 5.97 Å². The maximum absolute atomic E-state index is 15.2. The first-order chi connectivity index (χ1) is 24.5. The predicted molar refractivity (Wildman–Crippen MR) is 186 cm³/mol. The van der Waals surface area contributed by atoms with Gasteiger partial charge in [0.1, 0.15) is 0 Å². The zero-order valence-electron chi connectivity index (χ0n) is 27.8. The molecule has 0 spiro atoms. The lowest BCUT2D eigenvalue weighted by molar-refractivity contribution is -0.142. The molecular weight excluding hydrogens is 676 g/mol. The molecule has 2 aliphatic heterocycles. The molecule has 0 bridgehead atoms. The highest BCUT2D eigenvalue weighted by molar-refractivity contribution is 6.32. The summed E-state index contributed by atoms with van der Waals surface area (Å²) in [6.07, 6.45) is 5.48. The number of carboxylic acid groups (broad SMARTS) is 1. The van der Waals surface area contributed by atoms with Crippen LogP contribution in [0.25, 0.3) is 6.08 Å². The number of halogens is 1. The summed E-state index contributed by atoms with van der Waals surface area (Å²) >= 11 is 6.36. The number of phenolic OH excluding ortho intramolecular Hbond substituents is 1. The van der Waals surface area contributed by atoms with E-state index in [9.17, 15) is 29.4 Å². The van der Waals surface area contributed by atoms with Crippen LogP contribution < -0.4 is 14.4 Å². The Kier molecular flexibility index (Phi) is 8.71. The number of amides is 4. The summed E-state index contributed by atoms with van der Waals surface area (Å²) in [4.78, 5) is 71.2.